The normalized spacial score (nSPS) is 31.5. The second-order valence-corrected chi connectivity index (χ2v) is 10.3. The first-order chi connectivity index (χ1) is 21.4. The van der Waals surface area contributed by atoms with Gasteiger partial charge in [-0.1, -0.05) is 0 Å². The van der Waals surface area contributed by atoms with Crippen LogP contribution in [0.2, 0.25) is 0 Å². The summed E-state index contributed by atoms with van der Waals surface area (Å²) in [7, 11) is 2.61. The lowest BCUT2D eigenvalue weighted by Gasteiger charge is -2.40. The standard InChI is InChI=1S/C29H36O16/c1-12(31)13-4-6-15(17(8-13)39-2)43-29-26(37)24(35)22(33)20(45-29)11-41-27(38)14-5-7-16(18(9-14)40-3)42-28-25(36)23(34)21(32)19(10-30)44-28/h4-9,19-26,28-30,32-37H,10-11H2,1-3H3/t19-,20-,21-,22-,23+,24+,25-,26-,28-,29-/m1/s1. The van der Waals surface area contributed by atoms with Gasteiger partial charge in [-0.25, -0.2) is 4.79 Å². The number of rotatable bonds is 11. The molecule has 2 aromatic rings. The molecule has 0 saturated carbocycles. The minimum Gasteiger partial charge on any atom is -0.493 e. The molecule has 0 unspecified atom stereocenters. The molecule has 0 bridgehead atoms. The van der Waals surface area contributed by atoms with Gasteiger partial charge in [-0.2, -0.15) is 0 Å². The highest BCUT2D eigenvalue weighted by Gasteiger charge is 2.46. The first-order valence-electron chi connectivity index (χ1n) is 13.8. The molecule has 0 aliphatic carbocycles. The third kappa shape index (κ3) is 7.46. The van der Waals surface area contributed by atoms with Crippen LogP contribution >= 0.6 is 0 Å². The predicted octanol–water partition coefficient (Wildman–Crippen LogP) is -1.87. The zero-order valence-electron chi connectivity index (χ0n) is 24.5. The van der Waals surface area contributed by atoms with Crippen LogP contribution in [0.4, 0.5) is 0 Å². The van der Waals surface area contributed by atoms with Gasteiger partial charge in [0, 0.05) is 5.56 Å². The third-order valence-corrected chi connectivity index (χ3v) is 7.35. The van der Waals surface area contributed by atoms with E-state index in [-0.39, 0.29) is 34.3 Å². The Hall–Kier alpha value is -3.58. The van der Waals surface area contributed by atoms with E-state index in [2.05, 4.69) is 0 Å². The molecule has 0 amide bonds. The Bertz CT molecular complexity index is 1330. The first-order valence-corrected chi connectivity index (χ1v) is 13.8. The van der Waals surface area contributed by atoms with Crippen molar-refractivity contribution in [1.82, 2.24) is 0 Å². The molecule has 2 fully saturated rings. The molecular formula is C29H36O16. The van der Waals surface area contributed by atoms with Crippen molar-refractivity contribution in [3.05, 3.63) is 47.5 Å². The summed E-state index contributed by atoms with van der Waals surface area (Å²) in [6, 6.07) is 8.11. The maximum atomic E-state index is 12.9. The van der Waals surface area contributed by atoms with Crippen LogP contribution in [0.3, 0.4) is 0 Å². The maximum absolute atomic E-state index is 12.9. The number of esters is 1. The number of carbonyl (C=O) groups is 2. The van der Waals surface area contributed by atoms with Crippen molar-refractivity contribution in [2.45, 2.75) is 68.3 Å². The van der Waals surface area contributed by atoms with E-state index in [4.69, 9.17) is 33.2 Å². The zero-order valence-corrected chi connectivity index (χ0v) is 24.5. The summed E-state index contributed by atoms with van der Waals surface area (Å²) in [4.78, 5) is 24.6. The molecule has 0 radical (unpaired) electrons. The fraction of sp³-hybridized carbons (Fsp3) is 0.517. The van der Waals surface area contributed by atoms with Crippen molar-refractivity contribution < 1.29 is 78.5 Å². The van der Waals surface area contributed by atoms with Crippen molar-refractivity contribution in [2.24, 2.45) is 0 Å². The molecule has 0 aromatic heterocycles. The molecule has 2 aliphatic heterocycles. The Morgan fingerprint density at radius 1 is 0.667 bits per heavy atom. The van der Waals surface area contributed by atoms with Crippen LogP contribution in [-0.2, 0) is 14.2 Å². The molecular weight excluding hydrogens is 604 g/mol. The van der Waals surface area contributed by atoms with Gasteiger partial charge in [0.1, 0.15) is 55.4 Å². The lowest BCUT2D eigenvalue weighted by molar-refractivity contribution is -0.277. The summed E-state index contributed by atoms with van der Waals surface area (Å²) in [6.45, 7) is 0.141. The molecule has 4 rings (SSSR count). The summed E-state index contributed by atoms with van der Waals surface area (Å²) in [5.74, 6) is -0.926. The Morgan fingerprint density at radius 2 is 1.13 bits per heavy atom. The number of hydrogen-bond acceptors (Lipinski definition) is 16. The molecule has 16 nitrogen and oxygen atoms in total. The van der Waals surface area contributed by atoms with Crippen LogP contribution in [0.1, 0.15) is 27.6 Å². The smallest absolute Gasteiger partial charge is 0.338 e. The summed E-state index contributed by atoms with van der Waals surface area (Å²) >= 11 is 0. The van der Waals surface area contributed by atoms with Gasteiger partial charge in [-0.05, 0) is 43.3 Å². The highest BCUT2D eigenvalue weighted by atomic mass is 16.7. The maximum Gasteiger partial charge on any atom is 0.338 e. The average molecular weight is 641 g/mol. The van der Waals surface area contributed by atoms with E-state index in [1.807, 2.05) is 0 Å². The van der Waals surface area contributed by atoms with Crippen LogP contribution in [0.15, 0.2) is 36.4 Å². The second-order valence-electron chi connectivity index (χ2n) is 10.3. The van der Waals surface area contributed by atoms with Crippen LogP contribution in [0.25, 0.3) is 0 Å². The molecule has 10 atom stereocenters. The number of ketones is 1. The van der Waals surface area contributed by atoms with Crippen molar-refractivity contribution in [1.29, 1.82) is 0 Å². The molecule has 2 heterocycles. The van der Waals surface area contributed by atoms with Gasteiger partial charge in [0.15, 0.2) is 28.8 Å². The Morgan fingerprint density at radius 3 is 1.62 bits per heavy atom. The van der Waals surface area contributed by atoms with Gasteiger partial charge in [-0.15, -0.1) is 0 Å². The van der Waals surface area contributed by atoms with Crippen LogP contribution in [0, 0.1) is 0 Å². The van der Waals surface area contributed by atoms with E-state index < -0.39 is 80.6 Å². The summed E-state index contributed by atoms with van der Waals surface area (Å²) < 4.78 is 38.0. The fourth-order valence-electron chi connectivity index (χ4n) is 4.68. The summed E-state index contributed by atoms with van der Waals surface area (Å²) in [6.07, 6.45) is -15.6. The number of benzene rings is 2. The van der Waals surface area contributed by atoms with Crippen LogP contribution in [-0.4, -0.2) is 136 Å². The highest BCUT2D eigenvalue weighted by Crippen LogP contribution is 2.34. The van der Waals surface area contributed by atoms with Gasteiger partial charge in [0.25, 0.3) is 0 Å². The van der Waals surface area contributed by atoms with Gasteiger partial charge in [0.2, 0.25) is 12.6 Å². The van der Waals surface area contributed by atoms with Gasteiger partial charge < -0.3 is 68.9 Å². The van der Waals surface area contributed by atoms with Crippen molar-refractivity contribution in [2.75, 3.05) is 27.4 Å². The number of aliphatic hydroxyl groups is 7. The van der Waals surface area contributed by atoms with Gasteiger partial charge >= 0.3 is 5.97 Å². The number of carbonyl (C=O) groups excluding carboxylic acids is 2. The molecule has 45 heavy (non-hydrogen) atoms. The minimum atomic E-state index is -1.74. The van der Waals surface area contributed by atoms with E-state index in [1.165, 1.54) is 57.5 Å². The van der Waals surface area contributed by atoms with Gasteiger partial charge in [0.05, 0.1) is 26.4 Å². The highest BCUT2D eigenvalue weighted by molar-refractivity contribution is 5.94. The average Bonchev–Trinajstić information content (AvgIpc) is 3.04. The number of Topliss-reactive ketones (excluding diaryl/α,β-unsaturated/α-hetero) is 1. The number of methoxy groups -OCH3 is 2. The molecule has 2 aromatic carbocycles. The molecule has 2 saturated heterocycles. The predicted molar refractivity (Wildman–Crippen MR) is 148 cm³/mol. The van der Waals surface area contributed by atoms with Crippen molar-refractivity contribution >= 4 is 11.8 Å². The topological polar surface area (TPSA) is 240 Å². The van der Waals surface area contributed by atoms with E-state index in [1.54, 1.807) is 0 Å². The monoisotopic (exact) mass is 640 g/mol. The second kappa shape index (κ2) is 14.7. The molecule has 16 heteroatoms. The van der Waals surface area contributed by atoms with Crippen LogP contribution in [0.5, 0.6) is 23.0 Å². The van der Waals surface area contributed by atoms with E-state index in [9.17, 15) is 45.3 Å². The number of aliphatic hydroxyl groups excluding tert-OH is 7. The van der Waals surface area contributed by atoms with E-state index >= 15 is 0 Å². The van der Waals surface area contributed by atoms with Crippen molar-refractivity contribution in [3.8, 4) is 23.0 Å². The van der Waals surface area contributed by atoms with Crippen LogP contribution < -0.4 is 18.9 Å². The Kier molecular flexibility index (Phi) is 11.2. The SMILES string of the molecule is COc1cc(C(=O)OC[C@H]2O[C@@H](Oc3ccc(C(C)=O)cc3OC)[C@H](O)[C@@H](O)[C@@H]2O)ccc1O[C@@H]1O[C@H](CO)[C@@H](O)[C@H](O)[C@H]1O. The van der Waals surface area contributed by atoms with Crippen molar-refractivity contribution in [3.63, 3.8) is 0 Å². The molecule has 2 aliphatic rings. The number of hydrogen-bond donors (Lipinski definition) is 7. The molecule has 0 spiro atoms. The minimum absolute atomic E-state index is 0.00731. The Labute approximate surface area is 256 Å². The fourth-order valence-corrected chi connectivity index (χ4v) is 4.68. The molecule has 248 valence electrons. The largest absolute Gasteiger partial charge is 0.493 e. The summed E-state index contributed by atoms with van der Waals surface area (Å²) in [5, 5.41) is 71.0. The lowest BCUT2D eigenvalue weighted by Crippen LogP contribution is -2.60. The summed E-state index contributed by atoms with van der Waals surface area (Å²) in [5.41, 5.74) is 0.302. The quantitative estimate of drug-likeness (QED) is 0.105. The first kappa shape index (κ1) is 34.3. The van der Waals surface area contributed by atoms with E-state index in [0.717, 1.165) is 0 Å². The molecule has 7 N–H and O–H groups in total. The lowest BCUT2D eigenvalue weighted by atomic mass is 9.99. The zero-order chi connectivity index (χ0) is 33.0. The third-order valence-electron chi connectivity index (χ3n) is 7.35. The van der Waals surface area contributed by atoms with Gasteiger partial charge in [-0.3, -0.25) is 4.79 Å². The Balaban J connectivity index is 1.42. The number of ether oxygens (including phenoxy) is 7. The van der Waals surface area contributed by atoms with E-state index in [0.29, 0.717) is 5.56 Å².